The third kappa shape index (κ3) is 4.90. The summed E-state index contributed by atoms with van der Waals surface area (Å²) in [5.41, 5.74) is 3.90. The molecule has 37 heavy (non-hydrogen) atoms. The van der Waals surface area contributed by atoms with Gasteiger partial charge in [-0.25, -0.2) is 19.5 Å². The molecular weight excluding hydrogens is 466 g/mol. The number of rotatable bonds is 5. The zero-order valence-electron chi connectivity index (χ0n) is 20.3. The number of hydrogen-bond donors (Lipinski definition) is 2. The van der Waals surface area contributed by atoms with Crippen LogP contribution in [0.4, 0.5) is 17.2 Å². The van der Waals surface area contributed by atoms with E-state index in [1.165, 1.54) is 12.7 Å². The second-order valence-corrected chi connectivity index (χ2v) is 9.13. The minimum atomic E-state index is -0.320. The van der Waals surface area contributed by atoms with E-state index in [0.29, 0.717) is 34.7 Å². The number of carbonyl (C=O) groups excluding carboxylic acids is 1. The molecule has 0 bridgehead atoms. The molecule has 2 N–H and O–H groups in total. The zero-order chi connectivity index (χ0) is 25.4. The standard InChI is InChI=1S/C28H23N7O2/c1-17-11-19(17)3-8-27(36)33-21-4-6-24-23(13-21)28(31-15-29-24)34-20-5-7-25(18(2)12-20)37-22-9-10-35-26(14-22)30-16-32-35/h4-7,9-10,12-17,19H,11H2,1-2H3,(H,33,36)(H,29,31,34)/t17-,19?/m0/s1. The maximum Gasteiger partial charge on any atom is 0.300 e. The molecule has 0 aliphatic heterocycles. The molecule has 0 saturated heterocycles. The molecule has 6 rings (SSSR count). The van der Waals surface area contributed by atoms with E-state index >= 15 is 0 Å². The van der Waals surface area contributed by atoms with Gasteiger partial charge in [0, 0.05) is 34.9 Å². The summed E-state index contributed by atoms with van der Waals surface area (Å²) < 4.78 is 7.75. The highest BCUT2D eigenvalue weighted by atomic mass is 16.5. The number of nitrogens with one attached hydrogen (secondary N) is 2. The van der Waals surface area contributed by atoms with Crippen molar-refractivity contribution in [3.05, 3.63) is 72.9 Å². The number of amides is 1. The van der Waals surface area contributed by atoms with Gasteiger partial charge in [0.05, 0.1) is 5.52 Å². The molecule has 1 saturated carbocycles. The summed E-state index contributed by atoms with van der Waals surface area (Å²) in [6, 6.07) is 15.0. The van der Waals surface area contributed by atoms with Crippen molar-refractivity contribution in [2.45, 2.75) is 20.3 Å². The molecule has 182 valence electrons. The van der Waals surface area contributed by atoms with E-state index < -0.39 is 0 Å². The van der Waals surface area contributed by atoms with Crippen molar-refractivity contribution in [1.29, 1.82) is 0 Å². The number of aromatic nitrogens is 5. The monoisotopic (exact) mass is 489 g/mol. The molecule has 3 aromatic heterocycles. The van der Waals surface area contributed by atoms with E-state index in [0.717, 1.165) is 34.3 Å². The van der Waals surface area contributed by atoms with Gasteiger partial charge in [0.25, 0.3) is 5.91 Å². The fourth-order valence-corrected chi connectivity index (χ4v) is 4.04. The van der Waals surface area contributed by atoms with E-state index in [1.807, 2.05) is 55.5 Å². The van der Waals surface area contributed by atoms with Gasteiger partial charge < -0.3 is 15.4 Å². The van der Waals surface area contributed by atoms with Gasteiger partial charge in [-0.1, -0.05) is 12.8 Å². The first kappa shape index (κ1) is 22.5. The van der Waals surface area contributed by atoms with Crippen LogP contribution in [0.5, 0.6) is 11.5 Å². The summed E-state index contributed by atoms with van der Waals surface area (Å²) in [7, 11) is 0. The fraction of sp³-hybridized carbons (Fsp3) is 0.179. The third-order valence-corrected chi connectivity index (χ3v) is 6.29. The van der Waals surface area contributed by atoms with Gasteiger partial charge in [-0.2, -0.15) is 5.10 Å². The van der Waals surface area contributed by atoms with Crippen LogP contribution in [-0.4, -0.2) is 30.5 Å². The molecule has 1 unspecified atom stereocenters. The predicted molar refractivity (Wildman–Crippen MR) is 141 cm³/mol. The van der Waals surface area contributed by atoms with Crippen molar-refractivity contribution < 1.29 is 9.53 Å². The molecule has 0 spiro atoms. The fourth-order valence-electron chi connectivity index (χ4n) is 4.04. The molecule has 9 nitrogen and oxygen atoms in total. The minimum absolute atomic E-state index is 0.320. The van der Waals surface area contributed by atoms with Gasteiger partial charge >= 0.3 is 0 Å². The maximum absolute atomic E-state index is 12.3. The SMILES string of the molecule is Cc1cc(Nc2ncnc3ccc(NC(=O)C#CC4C[C@@H]4C)cc23)ccc1Oc1ccn2ncnc2c1. The Morgan fingerprint density at radius 1 is 1.05 bits per heavy atom. The number of nitrogens with zero attached hydrogens (tertiary/aromatic N) is 5. The van der Waals surface area contributed by atoms with Crippen LogP contribution in [0.2, 0.25) is 0 Å². The van der Waals surface area contributed by atoms with Gasteiger partial charge in [-0.15, -0.1) is 0 Å². The number of pyridine rings is 1. The summed E-state index contributed by atoms with van der Waals surface area (Å²) in [4.78, 5) is 25.2. The van der Waals surface area contributed by atoms with Crippen LogP contribution in [0.15, 0.2) is 67.4 Å². The molecule has 2 atom stereocenters. The van der Waals surface area contributed by atoms with Crippen molar-refractivity contribution in [2.75, 3.05) is 10.6 Å². The summed E-state index contributed by atoms with van der Waals surface area (Å²) in [5.74, 6) is 8.36. The van der Waals surface area contributed by atoms with Crippen LogP contribution >= 0.6 is 0 Å². The van der Waals surface area contributed by atoms with Crippen molar-refractivity contribution in [1.82, 2.24) is 24.6 Å². The number of fused-ring (bicyclic) bond motifs is 2. The van der Waals surface area contributed by atoms with Crippen molar-refractivity contribution in [2.24, 2.45) is 11.8 Å². The topological polar surface area (TPSA) is 106 Å². The quantitative estimate of drug-likeness (QED) is 0.330. The Bertz CT molecular complexity index is 1720. The highest BCUT2D eigenvalue weighted by molar-refractivity contribution is 6.05. The Kier molecular flexibility index (Phi) is 5.62. The lowest BCUT2D eigenvalue weighted by Crippen LogP contribution is -2.08. The third-order valence-electron chi connectivity index (χ3n) is 6.29. The Morgan fingerprint density at radius 3 is 2.76 bits per heavy atom. The molecule has 3 heterocycles. The summed E-state index contributed by atoms with van der Waals surface area (Å²) in [6.07, 6.45) is 5.88. The summed E-state index contributed by atoms with van der Waals surface area (Å²) in [5, 5.41) is 11.1. The van der Waals surface area contributed by atoms with E-state index in [-0.39, 0.29) is 5.91 Å². The van der Waals surface area contributed by atoms with Gasteiger partial charge in [0.15, 0.2) is 5.65 Å². The summed E-state index contributed by atoms with van der Waals surface area (Å²) >= 11 is 0. The number of aryl methyl sites for hydroxylation is 1. The average Bonchev–Trinajstić information content (AvgIpc) is 3.40. The van der Waals surface area contributed by atoms with Crippen molar-refractivity contribution in [3.8, 4) is 23.3 Å². The number of ether oxygens (including phenoxy) is 1. The Balaban J connectivity index is 1.20. The van der Waals surface area contributed by atoms with E-state index in [4.69, 9.17) is 4.74 Å². The number of carbonyl (C=O) groups is 1. The average molecular weight is 490 g/mol. The van der Waals surface area contributed by atoms with Crippen molar-refractivity contribution in [3.63, 3.8) is 0 Å². The molecule has 1 aliphatic carbocycles. The molecule has 0 radical (unpaired) electrons. The number of anilines is 3. The number of hydrogen-bond acceptors (Lipinski definition) is 7. The van der Waals surface area contributed by atoms with Gasteiger partial charge in [-0.05, 0) is 73.2 Å². The Morgan fingerprint density at radius 2 is 1.92 bits per heavy atom. The van der Waals surface area contributed by atoms with Crippen LogP contribution in [0.3, 0.4) is 0 Å². The van der Waals surface area contributed by atoms with E-state index in [2.05, 4.69) is 49.4 Å². The molecule has 9 heteroatoms. The van der Waals surface area contributed by atoms with Gasteiger partial charge in [0.2, 0.25) is 0 Å². The van der Waals surface area contributed by atoms with Crippen LogP contribution < -0.4 is 15.4 Å². The van der Waals surface area contributed by atoms with Crippen LogP contribution in [-0.2, 0) is 4.79 Å². The first-order valence-corrected chi connectivity index (χ1v) is 11.9. The smallest absolute Gasteiger partial charge is 0.300 e. The van der Waals surface area contributed by atoms with Gasteiger partial charge in [0.1, 0.15) is 30.0 Å². The lowest BCUT2D eigenvalue weighted by atomic mass is 10.1. The molecular formula is C28H23N7O2. The molecule has 5 aromatic rings. The molecule has 1 fully saturated rings. The van der Waals surface area contributed by atoms with E-state index in [9.17, 15) is 4.79 Å². The van der Waals surface area contributed by atoms with Gasteiger partial charge in [-0.3, -0.25) is 4.79 Å². The maximum atomic E-state index is 12.3. The first-order chi connectivity index (χ1) is 18.0. The molecule has 1 aliphatic rings. The molecule has 1 amide bonds. The second-order valence-electron chi connectivity index (χ2n) is 9.13. The predicted octanol–water partition coefficient (Wildman–Crippen LogP) is 5.11. The highest BCUT2D eigenvalue weighted by Gasteiger charge is 2.30. The normalized spacial score (nSPS) is 16.2. The Labute approximate surface area is 212 Å². The Hall–Kier alpha value is -4.97. The zero-order valence-corrected chi connectivity index (χ0v) is 20.3. The van der Waals surface area contributed by atoms with Crippen LogP contribution in [0.1, 0.15) is 18.9 Å². The molecule has 2 aromatic carbocycles. The van der Waals surface area contributed by atoms with Crippen LogP contribution in [0, 0.1) is 30.6 Å². The summed E-state index contributed by atoms with van der Waals surface area (Å²) in [6.45, 7) is 4.11. The van der Waals surface area contributed by atoms with E-state index in [1.54, 1.807) is 10.7 Å². The van der Waals surface area contributed by atoms with Crippen molar-refractivity contribution >= 4 is 39.6 Å². The lowest BCUT2D eigenvalue weighted by Gasteiger charge is -2.13. The second kappa shape index (κ2) is 9.24. The minimum Gasteiger partial charge on any atom is -0.457 e. The highest BCUT2D eigenvalue weighted by Crippen LogP contribution is 2.36. The lowest BCUT2D eigenvalue weighted by molar-refractivity contribution is -0.111. The largest absolute Gasteiger partial charge is 0.457 e. The van der Waals surface area contributed by atoms with Crippen LogP contribution in [0.25, 0.3) is 16.6 Å². The first-order valence-electron chi connectivity index (χ1n) is 11.9. The number of benzene rings is 2.